The fraction of sp³-hybridized carbons (Fsp3) is 0.800. The van der Waals surface area contributed by atoms with Gasteiger partial charge in [-0.1, -0.05) is 159 Å². The first-order chi connectivity index (χ1) is 21.5. The fourth-order valence-electron chi connectivity index (χ4n) is 5.19. The number of nitrogens with two attached hydrogens (primary N) is 2. The highest BCUT2D eigenvalue weighted by Crippen LogP contribution is 2.12. The van der Waals surface area contributed by atoms with E-state index in [1.54, 1.807) is 0 Å². The Labute approximate surface area is 275 Å². The Kier molecular flexibility index (Phi) is 41.4. The molecule has 258 valence electrons. The number of rotatable bonds is 33. The minimum absolute atomic E-state index is 0.156. The smallest absolute Gasteiger partial charge is 0.217 e. The minimum Gasteiger partial charge on any atom is -0.370 e. The van der Waals surface area contributed by atoms with Crippen LogP contribution in [-0.2, 0) is 9.59 Å². The molecule has 0 bridgehead atoms. The van der Waals surface area contributed by atoms with Crippen LogP contribution in [0.25, 0.3) is 0 Å². The van der Waals surface area contributed by atoms with Crippen molar-refractivity contribution in [1.82, 2.24) is 0 Å². The molecule has 0 fully saturated rings. The molecule has 44 heavy (non-hydrogen) atoms. The van der Waals surface area contributed by atoms with Crippen LogP contribution in [0.2, 0.25) is 0 Å². The van der Waals surface area contributed by atoms with E-state index in [4.69, 9.17) is 11.5 Å². The van der Waals surface area contributed by atoms with Gasteiger partial charge in [0.15, 0.2) is 0 Å². The standard InChI is InChI=1S/C22H43NO.C18H33NO/c1-2-3-4-5-6-7-8-9-10-11-12-13-14-15-16-17-18-19-20-21-22(23)24;1-2-3-4-5-6-7-8-9-10-11-12-13-14-15-16-17-18(19)20/h9-10H,2-8,11-21H2,1H3,(H2,23,24);6-7,9-10H,2-5,8,11-17H2,1H3,(H2,19,20)/b10-9-;7-6-,10-9-. The van der Waals surface area contributed by atoms with Crippen LogP contribution >= 0.6 is 0 Å². The number of allylic oxidation sites excluding steroid dienone is 6. The third-order valence-electron chi connectivity index (χ3n) is 8.06. The maximum Gasteiger partial charge on any atom is 0.217 e. The number of hydrogen-bond donors (Lipinski definition) is 2. The molecule has 0 saturated carbocycles. The first-order valence-electron chi connectivity index (χ1n) is 19.1. The Morgan fingerprint density at radius 2 is 0.614 bits per heavy atom. The summed E-state index contributed by atoms with van der Waals surface area (Å²) in [5, 5.41) is 0. The molecule has 0 spiro atoms. The van der Waals surface area contributed by atoms with Crippen LogP contribution in [0.4, 0.5) is 0 Å². The van der Waals surface area contributed by atoms with Crippen molar-refractivity contribution in [2.75, 3.05) is 0 Å². The van der Waals surface area contributed by atoms with E-state index in [0.717, 1.165) is 32.1 Å². The van der Waals surface area contributed by atoms with Gasteiger partial charge in [-0.25, -0.2) is 0 Å². The number of amides is 2. The average molecular weight is 617 g/mol. The maximum absolute atomic E-state index is 10.6. The molecular formula is C40H76N2O2. The topological polar surface area (TPSA) is 86.2 Å². The highest BCUT2D eigenvalue weighted by molar-refractivity contribution is 5.73. The average Bonchev–Trinajstić information content (AvgIpc) is 3.00. The monoisotopic (exact) mass is 617 g/mol. The van der Waals surface area contributed by atoms with E-state index in [-0.39, 0.29) is 11.8 Å². The summed E-state index contributed by atoms with van der Waals surface area (Å²) in [5.74, 6) is -0.327. The maximum atomic E-state index is 10.6. The predicted octanol–water partition coefficient (Wildman–Crippen LogP) is 12.4. The molecule has 4 heteroatoms. The molecule has 0 aliphatic carbocycles. The van der Waals surface area contributed by atoms with E-state index in [2.05, 4.69) is 50.3 Å². The summed E-state index contributed by atoms with van der Waals surface area (Å²) < 4.78 is 0. The van der Waals surface area contributed by atoms with Gasteiger partial charge >= 0.3 is 0 Å². The summed E-state index contributed by atoms with van der Waals surface area (Å²) in [7, 11) is 0. The highest BCUT2D eigenvalue weighted by atomic mass is 16.1. The SMILES string of the molecule is CCCCC/C=C\C/C=C\CCCCCCCC(N)=O.CCCCCCCC/C=C\CCCCCCCCCCCC(N)=O. The molecule has 0 aliphatic heterocycles. The molecular weight excluding hydrogens is 540 g/mol. The zero-order chi connectivity index (χ0) is 32.6. The van der Waals surface area contributed by atoms with E-state index < -0.39 is 0 Å². The summed E-state index contributed by atoms with van der Waals surface area (Å²) in [4.78, 5) is 21.1. The van der Waals surface area contributed by atoms with Gasteiger partial charge in [0.05, 0.1) is 0 Å². The van der Waals surface area contributed by atoms with E-state index in [1.165, 1.54) is 148 Å². The van der Waals surface area contributed by atoms with Crippen LogP contribution in [-0.4, -0.2) is 11.8 Å². The molecule has 0 aromatic rings. The molecule has 0 rings (SSSR count). The van der Waals surface area contributed by atoms with Gasteiger partial charge in [0, 0.05) is 12.8 Å². The lowest BCUT2D eigenvalue weighted by Crippen LogP contribution is -2.09. The second kappa shape index (κ2) is 41.2. The van der Waals surface area contributed by atoms with Crippen LogP contribution in [0.5, 0.6) is 0 Å². The molecule has 0 aliphatic rings. The van der Waals surface area contributed by atoms with Crippen molar-refractivity contribution in [3.05, 3.63) is 36.5 Å². The number of carbonyl (C=O) groups is 2. The van der Waals surface area contributed by atoms with E-state index in [1.807, 2.05) is 0 Å². The fourth-order valence-corrected chi connectivity index (χ4v) is 5.19. The Morgan fingerprint density at radius 1 is 0.364 bits per heavy atom. The Hall–Kier alpha value is -1.84. The van der Waals surface area contributed by atoms with Crippen molar-refractivity contribution in [3.8, 4) is 0 Å². The van der Waals surface area contributed by atoms with Crippen LogP contribution < -0.4 is 11.5 Å². The molecule has 0 unspecified atom stereocenters. The third kappa shape index (κ3) is 47.1. The third-order valence-corrected chi connectivity index (χ3v) is 8.06. The summed E-state index contributed by atoms with van der Waals surface area (Å²) in [6.07, 6.45) is 50.8. The van der Waals surface area contributed by atoms with Crippen LogP contribution in [0.3, 0.4) is 0 Å². The highest BCUT2D eigenvalue weighted by Gasteiger charge is 1.96. The van der Waals surface area contributed by atoms with Crippen molar-refractivity contribution >= 4 is 11.8 Å². The summed E-state index contributed by atoms with van der Waals surface area (Å²) in [5.41, 5.74) is 10.2. The number of primary amides is 2. The lowest BCUT2D eigenvalue weighted by Gasteiger charge is -2.01. The van der Waals surface area contributed by atoms with Crippen molar-refractivity contribution in [1.29, 1.82) is 0 Å². The first-order valence-corrected chi connectivity index (χ1v) is 19.1. The molecule has 0 saturated heterocycles. The van der Waals surface area contributed by atoms with Crippen LogP contribution in [0.1, 0.15) is 206 Å². The van der Waals surface area contributed by atoms with Gasteiger partial charge in [-0.3, -0.25) is 9.59 Å². The van der Waals surface area contributed by atoms with E-state index >= 15 is 0 Å². The quantitative estimate of drug-likeness (QED) is 0.0567. The number of carbonyl (C=O) groups excluding carboxylic acids is 2. The van der Waals surface area contributed by atoms with E-state index in [9.17, 15) is 9.59 Å². The zero-order valence-corrected chi connectivity index (χ0v) is 29.6. The molecule has 0 aromatic heterocycles. The van der Waals surface area contributed by atoms with Gasteiger partial charge in [0.2, 0.25) is 11.8 Å². The van der Waals surface area contributed by atoms with Gasteiger partial charge in [-0.15, -0.1) is 0 Å². The zero-order valence-electron chi connectivity index (χ0n) is 29.6. The van der Waals surface area contributed by atoms with Gasteiger partial charge < -0.3 is 11.5 Å². The second-order valence-corrected chi connectivity index (χ2v) is 12.7. The van der Waals surface area contributed by atoms with Crippen LogP contribution in [0, 0.1) is 0 Å². The van der Waals surface area contributed by atoms with Crippen molar-refractivity contribution in [2.24, 2.45) is 11.5 Å². The van der Waals surface area contributed by atoms with Crippen molar-refractivity contribution in [3.63, 3.8) is 0 Å². The second-order valence-electron chi connectivity index (χ2n) is 12.7. The summed E-state index contributed by atoms with van der Waals surface area (Å²) in [6, 6.07) is 0. The van der Waals surface area contributed by atoms with Gasteiger partial charge in [0.25, 0.3) is 0 Å². The Bertz CT molecular complexity index is 668. The lowest BCUT2D eigenvalue weighted by molar-refractivity contribution is -0.119. The van der Waals surface area contributed by atoms with Gasteiger partial charge in [0.1, 0.15) is 0 Å². The lowest BCUT2D eigenvalue weighted by atomic mass is 10.1. The molecule has 0 aromatic carbocycles. The van der Waals surface area contributed by atoms with Gasteiger partial charge in [-0.2, -0.15) is 0 Å². The molecule has 2 amide bonds. The van der Waals surface area contributed by atoms with Crippen LogP contribution in [0.15, 0.2) is 36.5 Å². The van der Waals surface area contributed by atoms with Crippen molar-refractivity contribution in [2.45, 2.75) is 206 Å². The number of unbranched alkanes of at least 4 members (excludes halogenated alkanes) is 23. The summed E-state index contributed by atoms with van der Waals surface area (Å²) in [6.45, 7) is 4.52. The van der Waals surface area contributed by atoms with E-state index in [0.29, 0.717) is 12.8 Å². The molecule has 4 N–H and O–H groups in total. The molecule has 0 heterocycles. The minimum atomic E-state index is -0.171. The summed E-state index contributed by atoms with van der Waals surface area (Å²) >= 11 is 0. The van der Waals surface area contributed by atoms with Crippen molar-refractivity contribution < 1.29 is 9.59 Å². The Morgan fingerprint density at radius 3 is 0.955 bits per heavy atom. The normalized spacial score (nSPS) is 11.5. The molecule has 0 atom stereocenters. The largest absolute Gasteiger partial charge is 0.370 e. The predicted molar refractivity (Wildman–Crippen MR) is 196 cm³/mol. The molecule has 0 radical (unpaired) electrons. The Balaban J connectivity index is 0. The number of hydrogen-bond acceptors (Lipinski definition) is 2. The first kappa shape index (κ1) is 44.3. The molecule has 4 nitrogen and oxygen atoms in total. The van der Waals surface area contributed by atoms with Gasteiger partial charge in [-0.05, 0) is 70.6 Å².